The zero-order valence-electron chi connectivity index (χ0n) is 14.1. The number of aryl methyl sites for hydroxylation is 1. The molecule has 0 aliphatic heterocycles. The third-order valence-corrected chi connectivity index (χ3v) is 6.11. The predicted octanol–water partition coefficient (Wildman–Crippen LogP) is 4.59. The molecule has 0 saturated heterocycles. The maximum absolute atomic E-state index is 4.66. The average molecular weight is 373 g/mol. The number of thioether (sulfide) groups is 1. The van der Waals surface area contributed by atoms with E-state index in [9.17, 15) is 0 Å². The van der Waals surface area contributed by atoms with E-state index in [0.717, 1.165) is 27.4 Å². The summed E-state index contributed by atoms with van der Waals surface area (Å²) in [6.07, 6.45) is 4.91. The van der Waals surface area contributed by atoms with Crippen molar-refractivity contribution in [1.82, 2.24) is 25.2 Å². The quantitative estimate of drug-likeness (QED) is 0.638. The van der Waals surface area contributed by atoms with Crippen LogP contribution >= 0.6 is 23.1 Å². The Morgan fingerprint density at radius 3 is 2.84 bits per heavy atom. The minimum absolute atomic E-state index is 0.465. The number of aromatic nitrogens is 5. The first kappa shape index (κ1) is 16.5. The van der Waals surface area contributed by atoms with Crippen LogP contribution in [-0.2, 0) is 5.75 Å². The molecule has 1 saturated carbocycles. The number of thiazole rings is 1. The predicted molar refractivity (Wildman–Crippen MR) is 101 cm³/mol. The van der Waals surface area contributed by atoms with E-state index < -0.39 is 0 Å². The van der Waals surface area contributed by atoms with Gasteiger partial charge in [0.05, 0.1) is 11.7 Å². The Balaban J connectivity index is 1.37. The van der Waals surface area contributed by atoms with E-state index >= 15 is 0 Å². The van der Waals surface area contributed by atoms with Gasteiger partial charge in [0.1, 0.15) is 0 Å². The van der Waals surface area contributed by atoms with Crippen LogP contribution in [0, 0.1) is 6.92 Å². The highest BCUT2D eigenvalue weighted by Gasteiger charge is 2.21. The summed E-state index contributed by atoms with van der Waals surface area (Å²) < 4.78 is 2.00. The molecule has 1 aliphatic rings. The Labute approximate surface area is 155 Å². The molecule has 0 unspecified atom stereocenters. The summed E-state index contributed by atoms with van der Waals surface area (Å²) >= 11 is 3.28. The van der Waals surface area contributed by atoms with Crippen LogP contribution in [0.1, 0.15) is 43.0 Å². The molecule has 1 aromatic carbocycles. The van der Waals surface area contributed by atoms with Crippen LogP contribution < -0.4 is 5.32 Å². The number of hydrogen-bond acceptors (Lipinski definition) is 7. The number of nitrogens with zero attached hydrogens (tertiary/aromatic N) is 5. The van der Waals surface area contributed by atoms with Gasteiger partial charge in [0, 0.05) is 16.8 Å². The van der Waals surface area contributed by atoms with E-state index in [1.165, 1.54) is 31.2 Å². The second kappa shape index (κ2) is 7.53. The van der Waals surface area contributed by atoms with Gasteiger partial charge in [-0.3, -0.25) is 0 Å². The smallest absolute Gasteiger partial charge is 0.209 e. The average Bonchev–Trinajstić information content (AvgIpc) is 3.36. The minimum atomic E-state index is 0.465. The van der Waals surface area contributed by atoms with E-state index in [-0.39, 0.29) is 0 Å². The zero-order valence-corrected chi connectivity index (χ0v) is 15.7. The van der Waals surface area contributed by atoms with Crippen LogP contribution in [0.3, 0.4) is 0 Å². The lowest BCUT2D eigenvalue weighted by molar-refractivity contribution is 0.423. The highest BCUT2D eigenvalue weighted by atomic mass is 32.2. The molecule has 0 bridgehead atoms. The largest absolute Gasteiger partial charge is 0.332 e. The molecule has 25 heavy (non-hydrogen) atoms. The van der Waals surface area contributed by atoms with Crippen LogP contribution in [0.2, 0.25) is 0 Å². The van der Waals surface area contributed by atoms with Crippen molar-refractivity contribution in [2.45, 2.75) is 49.6 Å². The molecule has 0 radical (unpaired) electrons. The van der Waals surface area contributed by atoms with Gasteiger partial charge in [0.15, 0.2) is 5.13 Å². The molecule has 0 atom stereocenters. The molecule has 1 fully saturated rings. The van der Waals surface area contributed by atoms with Crippen LogP contribution in [0.15, 0.2) is 34.8 Å². The number of hydrogen-bond donors (Lipinski definition) is 1. The van der Waals surface area contributed by atoms with Crippen LogP contribution in [0.5, 0.6) is 0 Å². The van der Waals surface area contributed by atoms with E-state index in [2.05, 4.69) is 62.4 Å². The summed E-state index contributed by atoms with van der Waals surface area (Å²) in [5, 5.41) is 19.5. The number of anilines is 2. The van der Waals surface area contributed by atoms with E-state index in [1.54, 1.807) is 23.1 Å². The van der Waals surface area contributed by atoms with Gasteiger partial charge in [0.25, 0.3) is 0 Å². The SMILES string of the molecule is Cc1ccc(Nc2nc(CSc3nnnn3C3CCCC3)cs2)cc1. The lowest BCUT2D eigenvalue weighted by atomic mass is 10.2. The maximum Gasteiger partial charge on any atom is 0.209 e. The standard InChI is InChI=1S/C17H20N6S2/c1-12-6-8-13(9-7-12)18-16-19-14(10-24-16)11-25-17-20-21-22-23(17)15-4-2-3-5-15/h6-10,15H,2-5,11H2,1H3,(H,18,19). The Kier molecular flexibility index (Phi) is 4.98. The Bertz CT molecular complexity index is 820. The van der Waals surface area contributed by atoms with Crippen LogP contribution in [0.25, 0.3) is 0 Å². The number of rotatable bonds is 6. The molecule has 130 valence electrons. The van der Waals surface area contributed by atoms with Gasteiger partial charge in [-0.2, -0.15) is 0 Å². The summed E-state index contributed by atoms with van der Waals surface area (Å²) in [4.78, 5) is 4.66. The topological polar surface area (TPSA) is 68.5 Å². The van der Waals surface area contributed by atoms with Gasteiger partial charge in [0.2, 0.25) is 5.16 Å². The number of nitrogens with one attached hydrogen (secondary N) is 1. The van der Waals surface area contributed by atoms with Crippen molar-refractivity contribution in [3.05, 3.63) is 40.9 Å². The first-order chi connectivity index (χ1) is 12.3. The lowest BCUT2D eigenvalue weighted by Gasteiger charge is -2.10. The Morgan fingerprint density at radius 2 is 2.04 bits per heavy atom. The van der Waals surface area contributed by atoms with Crippen molar-refractivity contribution >= 4 is 33.9 Å². The third-order valence-electron chi connectivity index (χ3n) is 4.34. The molecule has 0 spiro atoms. The van der Waals surface area contributed by atoms with Crippen molar-refractivity contribution in [1.29, 1.82) is 0 Å². The second-order valence-corrected chi connectivity index (χ2v) is 8.07. The molecule has 1 aliphatic carbocycles. The van der Waals surface area contributed by atoms with Crippen LogP contribution in [0.4, 0.5) is 10.8 Å². The Hall–Kier alpha value is -1.93. The highest BCUT2D eigenvalue weighted by Crippen LogP contribution is 2.32. The first-order valence-corrected chi connectivity index (χ1v) is 10.3. The fourth-order valence-electron chi connectivity index (χ4n) is 2.99. The van der Waals surface area contributed by atoms with Crippen molar-refractivity contribution in [2.75, 3.05) is 5.32 Å². The van der Waals surface area contributed by atoms with Gasteiger partial charge in [-0.25, -0.2) is 9.67 Å². The number of tetrazole rings is 1. The molecule has 1 N–H and O–H groups in total. The van der Waals surface area contributed by atoms with Crippen molar-refractivity contribution in [3.8, 4) is 0 Å². The number of benzene rings is 1. The molecule has 2 heterocycles. The summed E-state index contributed by atoms with van der Waals surface area (Å²) in [5.74, 6) is 0.777. The summed E-state index contributed by atoms with van der Waals surface area (Å²) in [6.45, 7) is 2.08. The molecular weight excluding hydrogens is 352 g/mol. The monoisotopic (exact) mass is 372 g/mol. The zero-order chi connectivity index (χ0) is 17.1. The van der Waals surface area contributed by atoms with E-state index in [0.29, 0.717) is 6.04 Å². The molecule has 2 aromatic heterocycles. The van der Waals surface area contributed by atoms with Crippen LogP contribution in [-0.4, -0.2) is 25.2 Å². The van der Waals surface area contributed by atoms with Crippen molar-refractivity contribution in [2.24, 2.45) is 0 Å². The molecule has 0 amide bonds. The third kappa shape index (κ3) is 4.01. The summed E-state index contributed by atoms with van der Waals surface area (Å²) in [7, 11) is 0. The molecule has 3 aromatic rings. The summed E-state index contributed by atoms with van der Waals surface area (Å²) in [6, 6.07) is 8.79. The van der Waals surface area contributed by atoms with Gasteiger partial charge < -0.3 is 5.32 Å². The molecule has 4 rings (SSSR count). The highest BCUT2D eigenvalue weighted by molar-refractivity contribution is 7.98. The normalized spacial score (nSPS) is 14.9. The lowest BCUT2D eigenvalue weighted by Crippen LogP contribution is -2.08. The molecule has 6 nitrogen and oxygen atoms in total. The second-order valence-electron chi connectivity index (χ2n) is 6.27. The van der Waals surface area contributed by atoms with Gasteiger partial charge in [-0.15, -0.1) is 16.4 Å². The first-order valence-electron chi connectivity index (χ1n) is 8.47. The molecule has 8 heteroatoms. The van der Waals surface area contributed by atoms with Gasteiger partial charge in [-0.05, 0) is 42.3 Å². The molecular formula is C17H20N6S2. The van der Waals surface area contributed by atoms with E-state index in [1.807, 2.05) is 4.68 Å². The minimum Gasteiger partial charge on any atom is -0.332 e. The van der Waals surface area contributed by atoms with E-state index in [4.69, 9.17) is 0 Å². The van der Waals surface area contributed by atoms with Crippen molar-refractivity contribution < 1.29 is 0 Å². The van der Waals surface area contributed by atoms with Crippen molar-refractivity contribution in [3.63, 3.8) is 0 Å². The fraction of sp³-hybridized carbons (Fsp3) is 0.412. The van der Waals surface area contributed by atoms with Gasteiger partial charge >= 0.3 is 0 Å². The fourth-order valence-corrected chi connectivity index (χ4v) is 4.66. The summed E-state index contributed by atoms with van der Waals surface area (Å²) in [5.41, 5.74) is 3.36. The maximum atomic E-state index is 4.66. The van der Waals surface area contributed by atoms with Gasteiger partial charge in [-0.1, -0.05) is 42.3 Å². The Morgan fingerprint density at radius 1 is 1.24 bits per heavy atom.